The second-order valence-corrected chi connectivity index (χ2v) is 3.86. The Hall–Kier alpha value is -0.490. The Kier molecular flexibility index (Phi) is 6.10. The van der Waals surface area contributed by atoms with Crippen LogP contribution in [-0.4, -0.2) is 24.2 Å². The van der Waals surface area contributed by atoms with Crippen molar-refractivity contribution >= 4 is 18.3 Å². The van der Waals surface area contributed by atoms with E-state index in [1.54, 1.807) is 0 Å². The fraction of sp³-hybridized carbons (Fsp3) is 0.889. The highest BCUT2D eigenvalue weighted by Crippen LogP contribution is 2.20. The average molecular weight is 261 g/mol. The van der Waals surface area contributed by atoms with Crippen molar-refractivity contribution in [2.75, 3.05) is 0 Å². The van der Waals surface area contributed by atoms with E-state index < -0.39 is 18.1 Å². The number of nitrogens with one attached hydrogen (secondary N) is 1. The zero-order valence-electron chi connectivity index (χ0n) is 8.72. The van der Waals surface area contributed by atoms with Crippen LogP contribution in [0.25, 0.3) is 0 Å². The number of halogens is 4. The van der Waals surface area contributed by atoms with Gasteiger partial charge in [0.2, 0.25) is 5.91 Å². The van der Waals surface area contributed by atoms with Crippen LogP contribution in [0.2, 0.25) is 0 Å². The second-order valence-electron chi connectivity index (χ2n) is 3.86. The summed E-state index contributed by atoms with van der Waals surface area (Å²) in [6.45, 7) is 0. The van der Waals surface area contributed by atoms with Crippen LogP contribution in [0.5, 0.6) is 0 Å². The van der Waals surface area contributed by atoms with Gasteiger partial charge in [-0.3, -0.25) is 4.79 Å². The quantitative estimate of drug-likeness (QED) is 0.795. The summed E-state index contributed by atoms with van der Waals surface area (Å²) in [6, 6.07) is -2.54. The van der Waals surface area contributed by atoms with Gasteiger partial charge in [0.25, 0.3) is 0 Å². The molecule has 1 aliphatic rings. The van der Waals surface area contributed by atoms with Gasteiger partial charge in [0.05, 0.1) is 0 Å². The molecular formula is C9H16ClF3N2O. The van der Waals surface area contributed by atoms with Crippen LogP contribution in [0, 0.1) is 0 Å². The molecule has 3 nitrogen and oxygen atoms in total. The lowest BCUT2D eigenvalue weighted by Crippen LogP contribution is -2.52. The van der Waals surface area contributed by atoms with Crippen molar-refractivity contribution in [3.05, 3.63) is 0 Å². The van der Waals surface area contributed by atoms with Crippen LogP contribution in [-0.2, 0) is 4.79 Å². The van der Waals surface area contributed by atoms with Crippen LogP contribution in [0.1, 0.15) is 32.1 Å². The predicted molar refractivity (Wildman–Crippen MR) is 56.3 cm³/mol. The van der Waals surface area contributed by atoms with Crippen molar-refractivity contribution in [1.82, 2.24) is 5.32 Å². The predicted octanol–water partition coefficient (Wildman–Crippen LogP) is 1.75. The molecule has 0 spiro atoms. The van der Waals surface area contributed by atoms with E-state index in [2.05, 4.69) is 5.32 Å². The number of carbonyl (C=O) groups is 1. The maximum atomic E-state index is 12.1. The Morgan fingerprint density at radius 3 is 2.19 bits per heavy atom. The number of nitrogens with two attached hydrogens (primary N) is 1. The zero-order valence-corrected chi connectivity index (χ0v) is 9.53. The van der Waals surface area contributed by atoms with Gasteiger partial charge in [-0.15, -0.1) is 12.4 Å². The van der Waals surface area contributed by atoms with Gasteiger partial charge in [0.1, 0.15) is 0 Å². The molecule has 0 aromatic heterocycles. The van der Waals surface area contributed by atoms with Crippen LogP contribution in [0.15, 0.2) is 0 Å². The normalized spacial score (nSPS) is 19.8. The number of hydrogen-bond donors (Lipinski definition) is 2. The lowest BCUT2D eigenvalue weighted by Gasteiger charge is -2.24. The van der Waals surface area contributed by atoms with Gasteiger partial charge in [-0.1, -0.05) is 19.3 Å². The summed E-state index contributed by atoms with van der Waals surface area (Å²) < 4.78 is 36.2. The van der Waals surface area contributed by atoms with Gasteiger partial charge >= 0.3 is 6.18 Å². The van der Waals surface area contributed by atoms with Crippen LogP contribution in [0.3, 0.4) is 0 Å². The number of amides is 1. The molecule has 1 unspecified atom stereocenters. The van der Waals surface area contributed by atoms with E-state index >= 15 is 0 Å². The molecule has 0 aliphatic heterocycles. The molecule has 7 heteroatoms. The summed E-state index contributed by atoms with van der Waals surface area (Å²) in [7, 11) is 0. The van der Waals surface area contributed by atoms with Gasteiger partial charge in [0, 0.05) is 6.04 Å². The molecule has 0 aromatic carbocycles. The largest absolute Gasteiger partial charge is 0.412 e. The first kappa shape index (κ1) is 15.5. The fourth-order valence-corrected chi connectivity index (χ4v) is 1.69. The summed E-state index contributed by atoms with van der Waals surface area (Å²) in [4.78, 5) is 11.1. The van der Waals surface area contributed by atoms with E-state index in [1.165, 1.54) is 0 Å². The number of hydrogen-bond acceptors (Lipinski definition) is 2. The Bertz CT molecular complexity index is 229. The van der Waals surface area contributed by atoms with Crippen molar-refractivity contribution in [3.63, 3.8) is 0 Å². The third-order valence-corrected chi connectivity index (χ3v) is 2.59. The Labute approximate surface area is 98.4 Å². The minimum Gasteiger partial charge on any atom is -0.352 e. The minimum atomic E-state index is -4.65. The van der Waals surface area contributed by atoms with E-state index in [0.29, 0.717) is 0 Å². The molecule has 0 saturated heterocycles. The molecule has 16 heavy (non-hydrogen) atoms. The molecule has 0 heterocycles. The molecule has 96 valence electrons. The molecule has 1 rings (SSSR count). The molecule has 1 saturated carbocycles. The smallest absolute Gasteiger partial charge is 0.352 e. The monoisotopic (exact) mass is 260 g/mol. The zero-order chi connectivity index (χ0) is 11.5. The SMILES string of the molecule is Cl.NC(C(=O)NC1CCCCC1)C(F)(F)F. The van der Waals surface area contributed by atoms with E-state index in [9.17, 15) is 18.0 Å². The van der Waals surface area contributed by atoms with E-state index in [1.807, 2.05) is 0 Å². The van der Waals surface area contributed by atoms with Crippen molar-refractivity contribution in [2.24, 2.45) is 5.73 Å². The Balaban J connectivity index is 0.00000225. The van der Waals surface area contributed by atoms with Crippen molar-refractivity contribution < 1.29 is 18.0 Å². The van der Waals surface area contributed by atoms with Crippen molar-refractivity contribution in [1.29, 1.82) is 0 Å². The van der Waals surface area contributed by atoms with Crippen molar-refractivity contribution in [3.8, 4) is 0 Å². The van der Waals surface area contributed by atoms with Crippen LogP contribution >= 0.6 is 12.4 Å². The molecule has 1 fully saturated rings. The highest BCUT2D eigenvalue weighted by molar-refractivity contribution is 5.85. The summed E-state index contributed by atoms with van der Waals surface area (Å²) in [6.07, 6.45) is -0.179. The van der Waals surface area contributed by atoms with E-state index in [-0.39, 0.29) is 18.4 Å². The van der Waals surface area contributed by atoms with E-state index in [0.717, 1.165) is 32.1 Å². The molecule has 1 amide bonds. The molecule has 3 N–H and O–H groups in total. The molecule has 1 aliphatic carbocycles. The second kappa shape index (κ2) is 6.30. The summed E-state index contributed by atoms with van der Waals surface area (Å²) >= 11 is 0. The lowest BCUT2D eigenvalue weighted by atomic mass is 9.95. The lowest BCUT2D eigenvalue weighted by molar-refractivity contribution is -0.163. The van der Waals surface area contributed by atoms with Crippen LogP contribution < -0.4 is 11.1 Å². The number of carbonyl (C=O) groups excluding carboxylic acids is 1. The Morgan fingerprint density at radius 1 is 1.25 bits per heavy atom. The summed E-state index contributed by atoms with van der Waals surface area (Å²) in [5, 5.41) is 2.34. The highest BCUT2D eigenvalue weighted by Gasteiger charge is 2.42. The molecule has 1 atom stereocenters. The van der Waals surface area contributed by atoms with Gasteiger partial charge < -0.3 is 11.1 Å². The van der Waals surface area contributed by atoms with Gasteiger partial charge in [-0.25, -0.2) is 0 Å². The first-order valence-corrected chi connectivity index (χ1v) is 5.04. The minimum absolute atomic E-state index is 0. The summed E-state index contributed by atoms with van der Waals surface area (Å²) in [5.41, 5.74) is 4.77. The standard InChI is InChI=1S/C9H15F3N2O.ClH/c10-9(11,12)7(13)8(15)14-6-4-2-1-3-5-6;/h6-7H,1-5,13H2,(H,14,15);1H. The van der Waals surface area contributed by atoms with Gasteiger partial charge in [-0.2, -0.15) is 13.2 Å². The van der Waals surface area contributed by atoms with Gasteiger partial charge in [-0.05, 0) is 12.8 Å². The first-order valence-electron chi connectivity index (χ1n) is 5.04. The first-order chi connectivity index (χ1) is 6.91. The molecular weight excluding hydrogens is 245 g/mol. The molecule has 0 aromatic rings. The van der Waals surface area contributed by atoms with E-state index in [4.69, 9.17) is 5.73 Å². The maximum absolute atomic E-state index is 12.1. The maximum Gasteiger partial charge on any atom is 0.412 e. The third-order valence-electron chi connectivity index (χ3n) is 2.59. The topological polar surface area (TPSA) is 55.1 Å². The van der Waals surface area contributed by atoms with Crippen molar-refractivity contribution in [2.45, 2.75) is 50.4 Å². The van der Waals surface area contributed by atoms with Crippen LogP contribution in [0.4, 0.5) is 13.2 Å². The Morgan fingerprint density at radius 2 is 1.75 bits per heavy atom. The average Bonchev–Trinajstić information content (AvgIpc) is 2.16. The number of alkyl halides is 3. The number of rotatable bonds is 2. The summed E-state index contributed by atoms with van der Waals surface area (Å²) in [5.74, 6) is -1.12. The van der Waals surface area contributed by atoms with Gasteiger partial charge in [0.15, 0.2) is 6.04 Å². The highest BCUT2D eigenvalue weighted by atomic mass is 35.5. The molecule has 0 radical (unpaired) electrons. The third kappa shape index (κ3) is 4.57. The molecule has 0 bridgehead atoms. The fourth-order valence-electron chi connectivity index (χ4n) is 1.69.